The zero-order valence-corrected chi connectivity index (χ0v) is 7.36. The highest BCUT2D eigenvalue weighted by molar-refractivity contribution is 7.98. The second kappa shape index (κ2) is 3.57. The van der Waals surface area contributed by atoms with Gasteiger partial charge in [-0.15, -0.1) is 0 Å². The van der Waals surface area contributed by atoms with Crippen molar-refractivity contribution in [1.29, 1.82) is 0 Å². The number of aromatic amines is 1. The van der Waals surface area contributed by atoms with Crippen molar-refractivity contribution in [2.24, 2.45) is 0 Å². The lowest BCUT2D eigenvalue weighted by molar-refractivity contribution is 0.870. The molecule has 0 saturated carbocycles. The summed E-state index contributed by atoms with van der Waals surface area (Å²) in [4.78, 5) is 17.7. The topological polar surface area (TPSA) is 45.8 Å². The minimum atomic E-state index is -0.0683. The van der Waals surface area contributed by atoms with Gasteiger partial charge in [-0.05, 0) is 12.7 Å². The minimum absolute atomic E-state index is 0.0683. The summed E-state index contributed by atoms with van der Waals surface area (Å²) in [7, 11) is 0. The molecule has 0 fully saturated rings. The summed E-state index contributed by atoms with van der Waals surface area (Å²) in [6.45, 7) is 1.98. The molecule has 0 unspecified atom stereocenters. The van der Waals surface area contributed by atoms with Crippen LogP contribution in [0, 0.1) is 0 Å². The van der Waals surface area contributed by atoms with E-state index in [9.17, 15) is 4.79 Å². The summed E-state index contributed by atoms with van der Waals surface area (Å²) < 4.78 is 0. The summed E-state index contributed by atoms with van der Waals surface area (Å²) in [6.07, 6.45) is 2.69. The van der Waals surface area contributed by atoms with Gasteiger partial charge in [-0.2, -0.15) is 0 Å². The normalized spacial score (nSPS) is 10.0. The Kier molecular flexibility index (Phi) is 2.70. The number of H-pyrrole nitrogens is 1. The van der Waals surface area contributed by atoms with Gasteiger partial charge < -0.3 is 4.98 Å². The summed E-state index contributed by atoms with van der Waals surface area (Å²) >= 11 is 1.45. The van der Waals surface area contributed by atoms with Crippen LogP contribution in [0.15, 0.2) is 16.0 Å². The highest BCUT2D eigenvalue weighted by Crippen LogP contribution is 2.05. The molecule has 0 saturated heterocycles. The van der Waals surface area contributed by atoms with Crippen molar-refractivity contribution >= 4 is 11.8 Å². The number of nitrogens with one attached hydrogen (secondary N) is 1. The van der Waals surface area contributed by atoms with Gasteiger partial charge in [0, 0.05) is 11.8 Å². The molecule has 0 aromatic carbocycles. The smallest absolute Gasteiger partial charge is 0.251 e. The fraction of sp³-hybridized carbons (Fsp3) is 0.429. The van der Waals surface area contributed by atoms with Crippen LogP contribution in [0.3, 0.4) is 0 Å². The summed E-state index contributed by atoms with van der Waals surface area (Å²) in [5.41, 5.74) is 0.777. The maximum absolute atomic E-state index is 10.9. The van der Waals surface area contributed by atoms with Gasteiger partial charge in [0.1, 0.15) is 0 Å². The second-order valence-electron chi connectivity index (χ2n) is 2.10. The molecule has 1 aromatic heterocycles. The lowest BCUT2D eigenvalue weighted by Gasteiger charge is -1.97. The zero-order valence-electron chi connectivity index (χ0n) is 6.55. The van der Waals surface area contributed by atoms with Crippen LogP contribution in [0.2, 0.25) is 0 Å². The lowest BCUT2D eigenvalue weighted by atomic mass is 10.3. The van der Waals surface area contributed by atoms with Gasteiger partial charge in [0.2, 0.25) is 0 Å². The Hall–Kier alpha value is -0.770. The van der Waals surface area contributed by atoms with Crippen molar-refractivity contribution in [3.63, 3.8) is 0 Å². The Morgan fingerprint density at radius 1 is 1.73 bits per heavy atom. The van der Waals surface area contributed by atoms with E-state index in [4.69, 9.17) is 0 Å². The molecule has 1 heterocycles. The first kappa shape index (κ1) is 8.33. The summed E-state index contributed by atoms with van der Waals surface area (Å²) in [6, 6.07) is 1.53. The molecule has 3 nitrogen and oxygen atoms in total. The maximum Gasteiger partial charge on any atom is 0.251 e. The zero-order chi connectivity index (χ0) is 8.27. The van der Waals surface area contributed by atoms with Crippen molar-refractivity contribution in [3.05, 3.63) is 22.1 Å². The Morgan fingerprint density at radius 2 is 2.45 bits per heavy atom. The highest BCUT2D eigenvalue weighted by Gasteiger charge is 1.96. The number of hydrogen-bond acceptors (Lipinski definition) is 3. The van der Waals surface area contributed by atoms with Crippen LogP contribution in [-0.4, -0.2) is 16.2 Å². The van der Waals surface area contributed by atoms with Crippen LogP contribution in [-0.2, 0) is 6.42 Å². The van der Waals surface area contributed by atoms with Gasteiger partial charge in [0.05, 0.1) is 0 Å². The molecule has 1 N–H and O–H groups in total. The molecule has 0 atom stereocenters. The van der Waals surface area contributed by atoms with Crippen LogP contribution in [0.4, 0.5) is 0 Å². The number of aromatic nitrogens is 2. The molecule has 0 bridgehead atoms. The summed E-state index contributed by atoms with van der Waals surface area (Å²) in [5.74, 6) is 0. The Balaban J connectivity index is 3.12. The molecule has 1 aromatic rings. The largest absolute Gasteiger partial charge is 0.301 e. The minimum Gasteiger partial charge on any atom is -0.301 e. The van der Waals surface area contributed by atoms with Gasteiger partial charge >= 0.3 is 0 Å². The molecule has 1 rings (SSSR count). The van der Waals surface area contributed by atoms with Crippen molar-refractivity contribution in [2.75, 3.05) is 6.26 Å². The van der Waals surface area contributed by atoms with Crippen LogP contribution in [0.5, 0.6) is 0 Å². The Labute approximate surface area is 69.3 Å². The predicted octanol–water partition coefficient (Wildman–Crippen LogP) is 1.05. The van der Waals surface area contributed by atoms with Gasteiger partial charge in [-0.3, -0.25) is 4.79 Å². The van der Waals surface area contributed by atoms with Crippen LogP contribution >= 0.6 is 11.8 Å². The molecule has 0 aliphatic heterocycles. The van der Waals surface area contributed by atoms with Gasteiger partial charge in [0.25, 0.3) is 5.56 Å². The Bertz CT molecular complexity index is 269. The highest BCUT2D eigenvalue weighted by atomic mass is 32.2. The molecule has 0 aliphatic carbocycles. The summed E-state index contributed by atoms with van der Waals surface area (Å²) in [5, 5.41) is 0.689. The van der Waals surface area contributed by atoms with Crippen molar-refractivity contribution < 1.29 is 0 Å². The molecular weight excluding hydrogens is 160 g/mol. The average molecular weight is 170 g/mol. The van der Waals surface area contributed by atoms with Gasteiger partial charge in [-0.1, -0.05) is 18.7 Å². The maximum atomic E-state index is 10.9. The van der Waals surface area contributed by atoms with Crippen molar-refractivity contribution in [3.8, 4) is 0 Å². The molecule has 0 spiro atoms. The van der Waals surface area contributed by atoms with E-state index in [0.717, 1.165) is 12.1 Å². The third-order valence-corrected chi connectivity index (χ3v) is 1.91. The van der Waals surface area contributed by atoms with E-state index < -0.39 is 0 Å². The third-order valence-electron chi connectivity index (χ3n) is 1.33. The molecular formula is C7H10N2OS. The molecule has 60 valence electrons. The van der Waals surface area contributed by atoms with Crippen LogP contribution in [0.1, 0.15) is 12.6 Å². The monoisotopic (exact) mass is 170 g/mol. The van der Waals surface area contributed by atoms with Crippen LogP contribution in [0.25, 0.3) is 0 Å². The van der Waals surface area contributed by atoms with Crippen molar-refractivity contribution in [1.82, 2.24) is 9.97 Å². The van der Waals surface area contributed by atoms with E-state index in [1.807, 2.05) is 13.2 Å². The first-order chi connectivity index (χ1) is 5.26. The number of aryl methyl sites for hydroxylation is 1. The van der Waals surface area contributed by atoms with Gasteiger partial charge in [0.15, 0.2) is 5.16 Å². The second-order valence-corrected chi connectivity index (χ2v) is 2.89. The molecule has 4 heteroatoms. The fourth-order valence-electron chi connectivity index (χ4n) is 0.761. The van der Waals surface area contributed by atoms with Gasteiger partial charge in [-0.25, -0.2) is 4.98 Å². The number of nitrogens with zero attached hydrogens (tertiary/aromatic N) is 1. The number of thioether (sulfide) groups is 1. The standard InChI is InChI=1S/C7H10N2OS/c1-3-5-4-6(10)9-7(8-5)11-2/h4H,3H2,1-2H3,(H,8,9,10). The quantitative estimate of drug-likeness (QED) is 0.533. The van der Waals surface area contributed by atoms with E-state index in [1.165, 1.54) is 17.8 Å². The molecule has 0 aliphatic rings. The first-order valence-corrected chi connectivity index (χ1v) is 4.63. The number of rotatable bonds is 2. The fourth-order valence-corrected chi connectivity index (χ4v) is 1.17. The van der Waals surface area contributed by atoms with E-state index in [0.29, 0.717) is 5.16 Å². The Morgan fingerprint density at radius 3 is 3.00 bits per heavy atom. The van der Waals surface area contributed by atoms with E-state index in [1.54, 1.807) is 0 Å². The molecule has 11 heavy (non-hydrogen) atoms. The third kappa shape index (κ3) is 2.08. The van der Waals surface area contributed by atoms with E-state index >= 15 is 0 Å². The predicted molar refractivity (Wildman–Crippen MR) is 46.0 cm³/mol. The van der Waals surface area contributed by atoms with E-state index in [-0.39, 0.29) is 5.56 Å². The van der Waals surface area contributed by atoms with E-state index in [2.05, 4.69) is 9.97 Å². The van der Waals surface area contributed by atoms with Crippen molar-refractivity contribution in [2.45, 2.75) is 18.5 Å². The molecule has 0 radical (unpaired) electrons. The lowest BCUT2D eigenvalue weighted by Crippen LogP contribution is -2.09. The van der Waals surface area contributed by atoms with Crippen LogP contribution < -0.4 is 5.56 Å². The number of hydrogen-bond donors (Lipinski definition) is 1. The average Bonchev–Trinajstić information content (AvgIpc) is 2.03. The molecule has 0 amide bonds. The SMILES string of the molecule is CCc1cc(=O)[nH]c(SC)n1. The first-order valence-electron chi connectivity index (χ1n) is 3.40.